The number of hydrogen-bond acceptors (Lipinski definition) is 5. The molecule has 0 fully saturated rings. The predicted octanol–water partition coefficient (Wildman–Crippen LogP) is 6.03. The highest BCUT2D eigenvalue weighted by atomic mass is 35.5. The van der Waals surface area contributed by atoms with Crippen LogP contribution in [-0.2, 0) is 12.7 Å². The van der Waals surface area contributed by atoms with Crippen LogP contribution in [0.4, 0.5) is 13.2 Å². The second kappa shape index (κ2) is 9.11. The number of aryl methyl sites for hydroxylation is 2. The summed E-state index contributed by atoms with van der Waals surface area (Å²) in [5, 5.41) is 10.8. The van der Waals surface area contributed by atoms with Crippen LogP contribution in [0.1, 0.15) is 45.4 Å². The molecule has 3 rings (SSSR count). The van der Waals surface area contributed by atoms with E-state index in [1.807, 2.05) is 0 Å². The van der Waals surface area contributed by atoms with Gasteiger partial charge in [-0.3, -0.25) is 4.79 Å². The first-order chi connectivity index (χ1) is 13.5. The molecule has 0 atom stereocenters. The zero-order chi connectivity index (χ0) is 21.9. The maximum Gasteiger partial charge on any atom is 0.416 e. The van der Waals surface area contributed by atoms with Crippen molar-refractivity contribution in [2.75, 3.05) is 0 Å². The first kappa shape index (κ1) is 23.1. The number of Topliss-reactive ketones (excluding diaryl/α,β-unsaturated/α-hetero) is 1. The summed E-state index contributed by atoms with van der Waals surface area (Å²) in [7, 11) is 0. The van der Waals surface area contributed by atoms with Crippen LogP contribution in [0.5, 0.6) is 5.75 Å². The quantitative estimate of drug-likeness (QED) is 0.483. The number of aromatic nitrogens is 1. The average molecular weight is 445 g/mol. The number of phenols is 1. The molecule has 0 aliphatic heterocycles. The summed E-state index contributed by atoms with van der Waals surface area (Å²) in [6, 6.07) is 5.32. The zero-order valence-electron chi connectivity index (χ0n) is 16.0. The third kappa shape index (κ3) is 5.46. The average Bonchev–Trinajstić information content (AvgIpc) is 3.03. The Morgan fingerprint density at radius 2 is 1.90 bits per heavy atom. The van der Waals surface area contributed by atoms with E-state index in [-0.39, 0.29) is 18.1 Å². The van der Waals surface area contributed by atoms with Crippen LogP contribution in [0.2, 0.25) is 5.02 Å². The highest BCUT2D eigenvalue weighted by Crippen LogP contribution is 2.35. The molecule has 3 N–H and O–H groups in total. The summed E-state index contributed by atoms with van der Waals surface area (Å²) in [6.45, 7) is 5.29. The minimum atomic E-state index is -4.34. The number of phenolic OH excluding ortho intramolecular Hbond substituents is 1. The van der Waals surface area contributed by atoms with Gasteiger partial charge in [0.05, 0.1) is 26.4 Å². The van der Waals surface area contributed by atoms with Crippen molar-refractivity contribution in [1.29, 1.82) is 0 Å². The van der Waals surface area contributed by atoms with E-state index in [0.717, 1.165) is 17.1 Å². The van der Waals surface area contributed by atoms with Gasteiger partial charge < -0.3 is 10.8 Å². The Balaban J connectivity index is 0.000000212. The van der Waals surface area contributed by atoms with Crippen molar-refractivity contribution in [2.24, 2.45) is 5.73 Å². The molecule has 0 aliphatic carbocycles. The lowest BCUT2D eigenvalue weighted by Gasteiger charge is -2.08. The number of nitrogens with zero attached hydrogens (tertiary/aromatic N) is 1. The molecule has 0 saturated carbocycles. The highest BCUT2D eigenvalue weighted by Gasteiger charge is 2.31. The second-order valence-corrected chi connectivity index (χ2v) is 7.98. The minimum Gasteiger partial charge on any atom is -0.507 e. The van der Waals surface area contributed by atoms with E-state index in [0.29, 0.717) is 38.4 Å². The Bertz CT molecular complexity index is 1050. The maximum atomic E-state index is 12.6. The fraction of sp³-hybridized carbons (Fsp3) is 0.300. The smallest absolute Gasteiger partial charge is 0.416 e. The Kier molecular flexibility index (Phi) is 7.26. The largest absolute Gasteiger partial charge is 0.507 e. The number of carbonyl (C=O) groups is 1. The van der Waals surface area contributed by atoms with Gasteiger partial charge in [0, 0.05) is 18.0 Å². The van der Waals surface area contributed by atoms with E-state index in [4.69, 9.17) is 17.3 Å². The van der Waals surface area contributed by atoms with Crippen LogP contribution >= 0.6 is 22.9 Å². The Morgan fingerprint density at radius 1 is 1.24 bits per heavy atom. The van der Waals surface area contributed by atoms with E-state index < -0.39 is 11.7 Å². The molecule has 1 aromatic heterocycles. The number of aromatic hydroxyl groups is 1. The topological polar surface area (TPSA) is 76.2 Å². The standard InChI is InChI=1S/C10H11ClO2.C10H9F3N2S/c1-3-9(12)8-5-7(11)4-6(2)10(8)13;1-5-15-9-6(4-14)2-7(10(11,12)13)3-8(9)16-5/h4-5,13H,3H2,1-2H3;2-3H,4,14H2,1H3. The van der Waals surface area contributed by atoms with Gasteiger partial charge in [0.25, 0.3) is 0 Å². The van der Waals surface area contributed by atoms with Crippen LogP contribution in [0.25, 0.3) is 10.2 Å². The number of fused-ring (bicyclic) bond motifs is 1. The number of halogens is 4. The van der Waals surface area contributed by atoms with Gasteiger partial charge in [-0.05, 0) is 49.2 Å². The summed E-state index contributed by atoms with van der Waals surface area (Å²) in [6.07, 6.45) is -3.97. The van der Waals surface area contributed by atoms with Crippen LogP contribution in [0, 0.1) is 13.8 Å². The molecule has 4 nitrogen and oxygen atoms in total. The Morgan fingerprint density at radius 3 is 2.45 bits per heavy atom. The SMILES string of the molecule is CCC(=O)c1cc(Cl)cc(C)c1O.Cc1nc2c(CN)cc(C(F)(F)F)cc2s1. The van der Waals surface area contributed by atoms with Crippen LogP contribution in [-0.4, -0.2) is 15.9 Å². The first-order valence-electron chi connectivity index (χ1n) is 8.67. The number of rotatable bonds is 3. The fourth-order valence-corrected chi connectivity index (χ4v) is 3.85. The molecule has 1 heterocycles. The van der Waals surface area contributed by atoms with E-state index >= 15 is 0 Å². The van der Waals surface area contributed by atoms with Crippen molar-refractivity contribution in [3.8, 4) is 5.75 Å². The van der Waals surface area contributed by atoms with Crippen molar-refractivity contribution in [3.63, 3.8) is 0 Å². The number of nitrogens with two attached hydrogens (primary N) is 1. The van der Waals surface area contributed by atoms with E-state index in [9.17, 15) is 23.1 Å². The molecule has 9 heteroatoms. The molecule has 0 spiro atoms. The van der Waals surface area contributed by atoms with Crippen molar-refractivity contribution >= 4 is 38.9 Å². The van der Waals surface area contributed by atoms with Gasteiger partial charge in [0.1, 0.15) is 5.75 Å². The summed E-state index contributed by atoms with van der Waals surface area (Å²) < 4.78 is 38.3. The molecule has 29 heavy (non-hydrogen) atoms. The molecule has 0 saturated heterocycles. The van der Waals surface area contributed by atoms with E-state index in [1.165, 1.54) is 17.4 Å². The van der Waals surface area contributed by atoms with Gasteiger partial charge in [0.15, 0.2) is 5.78 Å². The van der Waals surface area contributed by atoms with Gasteiger partial charge >= 0.3 is 6.18 Å². The maximum absolute atomic E-state index is 12.6. The summed E-state index contributed by atoms with van der Waals surface area (Å²) in [4.78, 5) is 15.5. The van der Waals surface area contributed by atoms with Crippen LogP contribution in [0.15, 0.2) is 24.3 Å². The van der Waals surface area contributed by atoms with E-state index in [1.54, 1.807) is 26.8 Å². The van der Waals surface area contributed by atoms with Gasteiger partial charge in [-0.25, -0.2) is 4.98 Å². The number of alkyl halides is 3. The van der Waals surface area contributed by atoms with Crippen LogP contribution in [0.3, 0.4) is 0 Å². The highest BCUT2D eigenvalue weighted by molar-refractivity contribution is 7.18. The molecular weight excluding hydrogens is 425 g/mol. The predicted molar refractivity (Wildman–Crippen MR) is 110 cm³/mol. The monoisotopic (exact) mass is 444 g/mol. The summed E-state index contributed by atoms with van der Waals surface area (Å²) >= 11 is 7.01. The van der Waals surface area contributed by atoms with Crippen molar-refractivity contribution in [1.82, 2.24) is 4.98 Å². The van der Waals surface area contributed by atoms with Crippen LogP contribution < -0.4 is 5.73 Å². The molecule has 0 unspecified atom stereocenters. The van der Waals surface area contributed by atoms with Gasteiger partial charge in [0.2, 0.25) is 0 Å². The fourth-order valence-electron chi connectivity index (χ4n) is 2.67. The third-order valence-corrected chi connectivity index (χ3v) is 5.25. The molecule has 2 aromatic carbocycles. The molecule has 156 valence electrons. The zero-order valence-corrected chi connectivity index (χ0v) is 17.6. The number of thiazole rings is 1. The lowest BCUT2D eigenvalue weighted by Crippen LogP contribution is -2.07. The minimum absolute atomic E-state index is 0.0382. The molecule has 3 aromatic rings. The van der Waals surface area contributed by atoms with Crippen molar-refractivity contribution < 1.29 is 23.1 Å². The Labute approximate surface area is 175 Å². The molecule has 0 aliphatic rings. The number of benzene rings is 2. The normalized spacial score (nSPS) is 11.3. The number of carbonyl (C=O) groups excluding carboxylic acids is 1. The van der Waals surface area contributed by atoms with Crippen molar-refractivity contribution in [3.05, 3.63) is 56.5 Å². The first-order valence-corrected chi connectivity index (χ1v) is 9.87. The van der Waals surface area contributed by atoms with Gasteiger partial charge in [-0.2, -0.15) is 13.2 Å². The molecular formula is C20H20ClF3N2O2S. The Hall–Kier alpha value is -2.16. The molecule has 0 radical (unpaired) electrons. The lowest BCUT2D eigenvalue weighted by molar-refractivity contribution is -0.137. The second-order valence-electron chi connectivity index (χ2n) is 6.31. The summed E-state index contributed by atoms with van der Waals surface area (Å²) in [5.74, 6) is -0.0562. The number of ketones is 1. The molecule has 0 amide bonds. The van der Waals surface area contributed by atoms with Gasteiger partial charge in [-0.1, -0.05) is 18.5 Å². The molecule has 0 bridgehead atoms. The summed E-state index contributed by atoms with van der Waals surface area (Å²) in [5.41, 5.74) is 6.73. The number of hydrogen-bond donors (Lipinski definition) is 2. The van der Waals surface area contributed by atoms with E-state index in [2.05, 4.69) is 4.98 Å². The third-order valence-electron chi connectivity index (χ3n) is 4.11. The lowest BCUT2D eigenvalue weighted by atomic mass is 10.0. The van der Waals surface area contributed by atoms with Gasteiger partial charge in [-0.15, -0.1) is 11.3 Å². The van der Waals surface area contributed by atoms with Crippen molar-refractivity contribution in [2.45, 2.75) is 39.9 Å².